The number of carbonyl (C=O) groups is 1. The van der Waals surface area contributed by atoms with E-state index in [0.29, 0.717) is 18.9 Å². The van der Waals surface area contributed by atoms with Gasteiger partial charge in [0.1, 0.15) is 5.75 Å². The zero-order valence-corrected chi connectivity index (χ0v) is 13.2. The topological polar surface area (TPSA) is 49.8 Å². The number of amides is 1. The summed E-state index contributed by atoms with van der Waals surface area (Å²) in [5.41, 5.74) is 0. The zero-order chi connectivity index (χ0) is 14.5. The molecule has 1 fully saturated rings. The number of halogens is 1. The molecule has 0 aromatic heterocycles. The lowest BCUT2D eigenvalue weighted by Gasteiger charge is -2.34. The van der Waals surface area contributed by atoms with Crippen LogP contribution in [0, 0.1) is 5.92 Å². The van der Waals surface area contributed by atoms with Crippen LogP contribution in [0.5, 0.6) is 5.75 Å². The molecule has 1 aromatic carbocycles. The number of aliphatic hydroxyl groups is 1. The minimum Gasteiger partial charge on any atom is -0.493 e. The van der Waals surface area contributed by atoms with Gasteiger partial charge in [-0.05, 0) is 43.0 Å². The van der Waals surface area contributed by atoms with Crippen molar-refractivity contribution in [1.82, 2.24) is 4.90 Å². The fraction of sp³-hybridized carbons (Fsp3) is 0.533. The maximum atomic E-state index is 11.9. The van der Waals surface area contributed by atoms with Gasteiger partial charge in [-0.2, -0.15) is 0 Å². The highest BCUT2D eigenvalue weighted by Crippen LogP contribution is 2.27. The molecule has 4 nitrogen and oxygen atoms in total. The van der Waals surface area contributed by atoms with Gasteiger partial charge < -0.3 is 14.7 Å². The van der Waals surface area contributed by atoms with E-state index < -0.39 is 0 Å². The highest BCUT2D eigenvalue weighted by Gasteiger charge is 2.28. The first-order valence-electron chi connectivity index (χ1n) is 6.85. The van der Waals surface area contributed by atoms with Crippen molar-refractivity contribution in [3.8, 4) is 5.75 Å². The first-order chi connectivity index (χ1) is 9.54. The molecule has 1 saturated carbocycles. The summed E-state index contributed by atoms with van der Waals surface area (Å²) in [5, 5.41) is 9.23. The van der Waals surface area contributed by atoms with Gasteiger partial charge in [-0.3, -0.25) is 4.79 Å². The van der Waals surface area contributed by atoms with Crippen molar-refractivity contribution < 1.29 is 14.6 Å². The van der Waals surface area contributed by atoms with Crippen LogP contribution in [0.25, 0.3) is 0 Å². The first-order valence-corrected chi connectivity index (χ1v) is 7.64. The average Bonchev–Trinajstić information content (AvgIpc) is 2.39. The van der Waals surface area contributed by atoms with E-state index in [-0.39, 0.29) is 12.0 Å². The van der Waals surface area contributed by atoms with Crippen LogP contribution in [0.15, 0.2) is 28.7 Å². The van der Waals surface area contributed by atoms with Crippen molar-refractivity contribution in [3.63, 3.8) is 0 Å². The smallest absolute Gasteiger partial charge is 0.225 e. The Morgan fingerprint density at radius 2 is 2.05 bits per heavy atom. The molecule has 0 unspecified atom stereocenters. The van der Waals surface area contributed by atoms with E-state index in [4.69, 9.17) is 4.74 Å². The second-order valence-electron chi connectivity index (χ2n) is 5.32. The number of benzene rings is 1. The van der Waals surface area contributed by atoms with Crippen molar-refractivity contribution in [2.45, 2.75) is 25.4 Å². The SMILES string of the molecule is CN(CC1CC(O)C1)C(=O)CCOc1ccc(Br)cc1. The lowest BCUT2D eigenvalue weighted by Crippen LogP contribution is -2.39. The molecule has 20 heavy (non-hydrogen) atoms. The van der Waals surface area contributed by atoms with Crippen LogP contribution in [-0.4, -0.2) is 42.2 Å². The Bertz CT molecular complexity index is 443. The molecule has 1 aromatic rings. The Labute approximate surface area is 127 Å². The maximum absolute atomic E-state index is 11.9. The normalized spacial score (nSPS) is 21.1. The Morgan fingerprint density at radius 3 is 2.65 bits per heavy atom. The summed E-state index contributed by atoms with van der Waals surface area (Å²) >= 11 is 3.36. The minimum atomic E-state index is -0.163. The Balaban J connectivity index is 1.65. The summed E-state index contributed by atoms with van der Waals surface area (Å²) in [6.45, 7) is 1.12. The molecule has 110 valence electrons. The van der Waals surface area contributed by atoms with Crippen molar-refractivity contribution in [3.05, 3.63) is 28.7 Å². The van der Waals surface area contributed by atoms with E-state index in [0.717, 1.165) is 29.6 Å². The lowest BCUT2D eigenvalue weighted by molar-refractivity contribution is -0.132. The third-order valence-electron chi connectivity index (χ3n) is 3.57. The molecule has 5 heteroatoms. The minimum absolute atomic E-state index is 0.0866. The molecule has 0 aliphatic heterocycles. The number of rotatable bonds is 6. The Kier molecular flexibility index (Phi) is 5.43. The zero-order valence-electron chi connectivity index (χ0n) is 11.6. The summed E-state index contributed by atoms with van der Waals surface area (Å²) in [6.07, 6.45) is 1.84. The van der Waals surface area contributed by atoms with E-state index in [1.165, 1.54) is 0 Å². The number of ether oxygens (including phenoxy) is 1. The fourth-order valence-electron chi connectivity index (χ4n) is 2.32. The van der Waals surface area contributed by atoms with Gasteiger partial charge >= 0.3 is 0 Å². The number of hydrogen-bond donors (Lipinski definition) is 1. The highest BCUT2D eigenvalue weighted by molar-refractivity contribution is 9.10. The molecular weight excluding hydrogens is 322 g/mol. The highest BCUT2D eigenvalue weighted by atomic mass is 79.9. The first kappa shape index (κ1) is 15.3. The number of aliphatic hydroxyl groups excluding tert-OH is 1. The predicted molar refractivity (Wildman–Crippen MR) is 80.6 cm³/mol. The summed E-state index contributed by atoms with van der Waals surface area (Å²) in [6, 6.07) is 7.55. The molecule has 0 radical (unpaired) electrons. The maximum Gasteiger partial charge on any atom is 0.225 e. The van der Waals surface area contributed by atoms with Gasteiger partial charge in [0.15, 0.2) is 0 Å². The number of hydrogen-bond acceptors (Lipinski definition) is 3. The lowest BCUT2D eigenvalue weighted by atomic mass is 9.82. The quantitative estimate of drug-likeness (QED) is 0.864. The molecular formula is C15H20BrNO3. The summed E-state index contributed by atoms with van der Waals surface area (Å²) in [4.78, 5) is 13.7. The van der Waals surface area contributed by atoms with Gasteiger partial charge in [0.05, 0.1) is 19.1 Å². The van der Waals surface area contributed by atoms with Crippen LogP contribution in [-0.2, 0) is 4.79 Å². The van der Waals surface area contributed by atoms with Crippen LogP contribution in [0.2, 0.25) is 0 Å². The van der Waals surface area contributed by atoms with Crippen molar-refractivity contribution >= 4 is 21.8 Å². The predicted octanol–water partition coefficient (Wildman–Crippen LogP) is 2.45. The molecule has 0 heterocycles. The molecule has 0 atom stereocenters. The van der Waals surface area contributed by atoms with Gasteiger partial charge in [0.25, 0.3) is 0 Å². The van der Waals surface area contributed by atoms with E-state index in [2.05, 4.69) is 15.9 Å². The largest absolute Gasteiger partial charge is 0.493 e. The summed E-state index contributed by atoms with van der Waals surface area (Å²) < 4.78 is 6.54. The van der Waals surface area contributed by atoms with E-state index in [9.17, 15) is 9.90 Å². The molecule has 1 aliphatic rings. The molecule has 0 saturated heterocycles. The van der Waals surface area contributed by atoms with E-state index >= 15 is 0 Å². The summed E-state index contributed by atoms with van der Waals surface area (Å²) in [7, 11) is 1.81. The molecule has 1 N–H and O–H groups in total. The molecule has 1 amide bonds. The van der Waals surface area contributed by atoms with Gasteiger partial charge in [-0.25, -0.2) is 0 Å². The van der Waals surface area contributed by atoms with Crippen LogP contribution < -0.4 is 4.74 Å². The Morgan fingerprint density at radius 1 is 1.40 bits per heavy atom. The number of carbonyl (C=O) groups excluding carboxylic acids is 1. The van der Waals surface area contributed by atoms with E-state index in [1.807, 2.05) is 31.3 Å². The molecule has 2 rings (SSSR count). The van der Waals surface area contributed by atoms with Crippen molar-refractivity contribution in [2.75, 3.05) is 20.2 Å². The summed E-state index contributed by atoms with van der Waals surface area (Å²) in [5.74, 6) is 1.31. The average molecular weight is 342 g/mol. The van der Waals surface area contributed by atoms with Crippen LogP contribution in [0.1, 0.15) is 19.3 Å². The van der Waals surface area contributed by atoms with Crippen LogP contribution in [0.4, 0.5) is 0 Å². The second kappa shape index (κ2) is 7.09. The van der Waals surface area contributed by atoms with Gasteiger partial charge in [0.2, 0.25) is 5.91 Å². The van der Waals surface area contributed by atoms with Crippen molar-refractivity contribution in [2.24, 2.45) is 5.92 Å². The van der Waals surface area contributed by atoms with Gasteiger partial charge in [-0.15, -0.1) is 0 Å². The van der Waals surface area contributed by atoms with Crippen LogP contribution >= 0.6 is 15.9 Å². The Hall–Kier alpha value is -1.07. The number of nitrogens with zero attached hydrogens (tertiary/aromatic N) is 1. The second-order valence-corrected chi connectivity index (χ2v) is 6.23. The van der Waals surface area contributed by atoms with Gasteiger partial charge in [0, 0.05) is 18.1 Å². The van der Waals surface area contributed by atoms with Gasteiger partial charge in [-0.1, -0.05) is 15.9 Å². The monoisotopic (exact) mass is 341 g/mol. The van der Waals surface area contributed by atoms with Crippen molar-refractivity contribution in [1.29, 1.82) is 0 Å². The molecule has 1 aliphatic carbocycles. The third kappa shape index (κ3) is 4.49. The van der Waals surface area contributed by atoms with Crippen LogP contribution in [0.3, 0.4) is 0 Å². The standard InChI is InChI=1S/C15H20BrNO3/c1-17(10-11-8-13(18)9-11)15(19)6-7-20-14-4-2-12(16)3-5-14/h2-5,11,13,18H,6-10H2,1H3. The third-order valence-corrected chi connectivity index (χ3v) is 4.10. The van der Waals surface area contributed by atoms with E-state index in [1.54, 1.807) is 4.90 Å². The molecule has 0 spiro atoms. The molecule has 0 bridgehead atoms. The fourth-order valence-corrected chi connectivity index (χ4v) is 2.58.